The molecule has 19 heavy (non-hydrogen) atoms. The van der Waals surface area contributed by atoms with Crippen LogP contribution in [-0.4, -0.2) is 16.8 Å². The molecule has 104 valence electrons. The van der Waals surface area contributed by atoms with Gasteiger partial charge in [0.2, 0.25) is 5.91 Å². The van der Waals surface area contributed by atoms with Gasteiger partial charge < -0.3 is 4.90 Å². The van der Waals surface area contributed by atoms with E-state index in [9.17, 15) is 9.18 Å². The van der Waals surface area contributed by atoms with Crippen molar-refractivity contribution in [3.05, 3.63) is 34.6 Å². The summed E-state index contributed by atoms with van der Waals surface area (Å²) in [6, 6.07) is 4.90. The minimum absolute atomic E-state index is 0.0943. The van der Waals surface area contributed by atoms with Crippen LogP contribution in [0.1, 0.15) is 38.7 Å². The van der Waals surface area contributed by atoms with E-state index in [0.29, 0.717) is 22.9 Å². The Morgan fingerprint density at radius 1 is 1.47 bits per heavy atom. The molecule has 0 bridgehead atoms. The lowest BCUT2D eigenvalue weighted by atomic mass is 10.1. The highest BCUT2D eigenvalue weighted by molar-refractivity contribution is 6.31. The summed E-state index contributed by atoms with van der Waals surface area (Å²) in [5.74, 6) is 0.0668. The van der Waals surface area contributed by atoms with Gasteiger partial charge >= 0.3 is 0 Å². The fourth-order valence-electron chi connectivity index (χ4n) is 2.13. The summed E-state index contributed by atoms with van der Waals surface area (Å²) in [5.41, 5.74) is 0.424. The Labute approximate surface area is 118 Å². The second kappa shape index (κ2) is 5.91. The molecule has 0 radical (unpaired) electrons. The topological polar surface area (TPSA) is 20.3 Å². The van der Waals surface area contributed by atoms with E-state index in [1.807, 2.05) is 13.8 Å². The van der Waals surface area contributed by atoms with Crippen molar-refractivity contribution in [1.29, 1.82) is 0 Å². The van der Waals surface area contributed by atoms with Gasteiger partial charge in [-0.15, -0.1) is 0 Å². The molecule has 0 spiro atoms. The average Bonchev–Trinajstić information content (AvgIpc) is 3.11. The van der Waals surface area contributed by atoms with Crippen LogP contribution < -0.4 is 0 Å². The molecule has 1 aromatic rings. The Morgan fingerprint density at radius 2 is 2.16 bits per heavy atom. The first kappa shape index (κ1) is 14.3. The monoisotopic (exact) mass is 283 g/mol. The lowest BCUT2D eigenvalue weighted by molar-refractivity contribution is -0.133. The lowest BCUT2D eigenvalue weighted by Gasteiger charge is -2.24. The van der Waals surface area contributed by atoms with Crippen molar-refractivity contribution in [2.24, 2.45) is 5.92 Å². The van der Waals surface area contributed by atoms with Crippen molar-refractivity contribution in [3.63, 3.8) is 0 Å². The third-order valence-corrected chi connectivity index (χ3v) is 3.64. The molecule has 1 aliphatic rings. The van der Waals surface area contributed by atoms with E-state index in [-0.39, 0.29) is 24.3 Å². The second-order valence-electron chi connectivity index (χ2n) is 5.55. The molecule has 1 aromatic carbocycles. The van der Waals surface area contributed by atoms with Gasteiger partial charge in [0.15, 0.2) is 0 Å². The van der Waals surface area contributed by atoms with Crippen LogP contribution in [0, 0.1) is 11.7 Å². The lowest BCUT2D eigenvalue weighted by Crippen LogP contribution is -2.33. The quantitative estimate of drug-likeness (QED) is 0.799. The van der Waals surface area contributed by atoms with Crippen LogP contribution in [0.25, 0.3) is 0 Å². The van der Waals surface area contributed by atoms with Gasteiger partial charge in [0.05, 0.1) is 6.54 Å². The Balaban J connectivity index is 2.15. The van der Waals surface area contributed by atoms with E-state index in [1.54, 1.807) is 17.0 Å². The van der Waals surface area contributed by atoms with E-state index in [0.717, 1.165) is 12.8 Å². The number of benzene rings is 1. The molecular formula is C15H19ClFNO. The fourth-order valence-corrected chi connectivity index (χ4v) is 2.35. The van der Waals surface area contributed by atoms with Gasteiger partial charge in [0.25, 0.3) is 0 Å². The summed E-state index contributed by atoms with van der Waals surface area (Å²) >= 11 is 6.03. The molecule has 0 aliphatic heterocycles. The van der Waals surface area contributed by atoms with E-state index >= 15 is 0 Å². The predicted molar refractivity (Wildman–Crippen MR) is 74.4 cm³/mol. The molecule has 1 aliphatic carbocycles. The normalized spacial score (nSPS) is 14.8. The van der Waals surface area contributed by atoms with Crippen LogP contribution in [-0.2, 0) is 11.3 Å². The highest BCUT2D eigenvalue weighted by Gasteiger charge is 2.33. The number of rotatable bonds is 5. The van der Waals surface area contributed by atoms with Crippen LogP contribution in [0.4, 0.5) is 4.39 Å². The predicted octanol–water partition coefficient (Wildman–Crippen LogP) is 4.02. The van der Waals surface area contributed by atoms with E-state index in [4.69, 9.17) is 11.6 Å². The van der Waals surface area contributed by atoms with Gasteiger partial charge in [-0.1, -0.05) is 31.5 Å². The molecule has 0 heterocycles. The van der Waals surface area contributed by atoms with Gasteiger partial charge in [-0.05, 0) is 30.9 Å². The van der Waals surface area contributed by atoms with Crippen molar-refractivity contribution in [2.75, 3.05) is 0 Å². The van der Waals surface area contributed by atoms with E-state index < -0.39 is 0 Å². The van der Waals surface area contributed by atoms with E-state index in [2.05, 4.69) is 0 Å². The SMILES string of the molecule is CC(C)CC(=O)N(Cc1c(F)cccc1Cl)C1CC1. The van der Waals surface area contributed by atoms with Crippen molar-refractivity contribution < 1.29 is 9.18 Å². The first-order valence-corrected chi connectivity index (χ1v) is 7.09. The van der Waals surface area contributed by atoms with Crippen LogP contribution >= 0.6 is 11.6 Å². The zero-order valence-corrected chi connectivity index (χ0v) is 12.1. The molecule has 0 atom stereocenters. The molecule has 1 fully saturated rings. The molecule has 2 rings (SSSR count). The Kier molecular flexibility index (Phi) is 4.46. The van der Waals surface area contributed by atoms with Crippen molar-refractivity contribution in [1.82, 2.24) is 4.90 Å². The number of halogens is 2. The molecule has 1 amide bonds. The average molecular weight is 284 g/mol. The molecular weight excluding hydrogens is 265 g/mol. The molecule has 0 N–H and O–H groups in total. The van der Waals surface area contributed by atoms with Gasteiger partial charge in [-0.25, -0.2) is 4.39 Å². The number of carbonyl (C=O) groups is 1. The minimum atomic E-state index is -0.338. The smallest absolute Gasteiger partial charge is 0.223 e. The summed E-state index contributed by atoms with van der Waals surface area (Å²) in [5, 5.41) is 0.392. The second-order valence-corrected chi connectivity index (χ2v) is 5.96. The van der Waals surface area contributed by atoms with Gasteiger partial charge in [0.1, 0.15) is 5.82 Å². The summed E-state index contributed by atoms with van der Waals surface area (Å²) in [7, 11) is 0. The fraction of sp³-hybridized carbons (Fsp3) is 0.533. The standard InChI is InChI=1S/C15H19ClFNO/c1-10(2)8-15(19)18(11-6-7-11)9-12-13(16)4-3-5-14(12)17/h3-5,10-11H,6-9H2,1-2H3. The summed E-state index contributed by atoms with van der Waals surface area (Å²) in [6.07, 6.45) is 2.52. The third kappa shape index (κ3) is 3.69. The maximum absolute atomic E-state index is 13.8. The first-order chi connectivity index (χ1) is 8.99. The highest BCUT2D eigenvalue weighted by atomic mass is 35.5. The molecule has 1 saturated carbocycles. The summed E-state index contributed by atoms with van der Waals surface area (Å²) in [6.45, 7) is 4.31. The molecule has 4 heteroatoms. The summed E-state index contributed by atoms with van der Waals surface area (Å²) < 4.78 is 13.8. The Bertz CT molecular complexity index is 451. The Morgan fingerprint density at radius 3 is 2.68 bits per heavy atom. The van der Waals surface area contributed by atoms with Crippen molar-refractivity contribution in [2.45, 2.75) is 45.7 Å². The van der Waals surface area contributed by atoms with Gasteiger partial charge in [-0.2, -0.15) is 0 Å². The third-order valence-electron chi connectivity index (χ3n) is 3.28. The highest BCUT2D eigenvalue weighted by Crippen LogP contribution is 2.31. The maximum atomic E-state index is 13.8. The van der Waals surface area contributed by atoms with Gasteiger partial charge in [0, 0.05) is 23.0 Å². The zero-order chi connectivity index (χ0) is 14.0. The van der Waals surface area contributed by atoms with Crippen molar-refractivity contribution >= 4 is 17.5 Å². The van der Waals surface area contributed by atoms with Crippen molar-refractivity contribution in [3.8, 4) is 0 Å². The minimum Gasteiger partial charge on any atom is -0.335 e. The zero-order valence-electron chi connectivity index (χ0n) is 11.3. The largest absolute Gasteiger partial charge is 0.335 e. The van der Waals surface area contributed by atoms with Crippen LogP contribution in [0.2, 0.25) is 5.02 Å². The molecule has 0 aromatic heterocycles. The number of hydrogen-bond donors (Lipinski definition) is 0. The Hall–Kier alpha value is -1.09. The van der Waals surface area contributed by atoms with Crippen LogP contribution in [0.3, 0.4) is 0 Å². The number of nitrogens with zero attached hydrogens (tertiary/aromatic N) is 1. The summed E-state index contributed by atoms with van der Waals surface area (Å²) in [4.78, 5) is 14.0. The van der Waals surface area contributed by atoms with Crippen LogP contribution in [0.15, 0.2) is 18.2 Å². The molecule has 0 unspecified atom stereocenters. The number of hydrogen-bond acceptors (Lipinski definition) is 1. The molecule has 2 nitrogen and oxygen atoms in total. The number of amides is 1. The number of carbonyl (C=O) groups excluding carboxylic acids is 1. The van der Waals surface area contributed by atoms with E-state index in [1.165, 1.54) is 6.07 Å². The maximum Gasteiger partial charge on any atom is 0.223 e. The van der Waals surface area contributed by atoms with Crippen LogP contribution in [0.5, 0.6) is 0 Å². The van der Waals surface area contributed by atoms with Gasteiger partial charge in [-0.3, -0.25) is 4.79 Å². The first-order valence-electron chi connectivity index (χ1n) is 6.71. The molecule has 0 saturated heterocycles.